The van der Waals surface area contributed by atoms with E-state index in [0.717, 1.165) is 56.4 Å². The number of piperazine rings is 1. The minimum atomic E-state index is -0.0324. The number of aromatic nitrogens is 3. The van der Waals surface area contributed by atoms with E-state index in [0.29, 0.717) is 11.9 Å². The third-order valence-corrected chi connectivity index (χ3v) is 4.82. The molecule has 1 aromatic heterocycles. The zero-order chi connectivity index (χ0) is 15.7. The van der Waals surface area contributed by atoms with Crippen LogP contribution >= 0.6 is 12.2 Å². The fraction of sp³-hybridized carbons (Fsp3) is 0.867. The lowest BCUT2D eigenvalue weighted by Gasteiger charge is -2.35. The quantitative estimate of drug-likeness (QED) is 0.803. The van der Waals surface area contributed by atoms with Gasteiger partial charge in [0.05, 0.1) is 6.67 Å². The summed E-state index contributed by atoms with van der Waals surface area (Å²) in [5.41, 5.74) is 0. The van der Waals surface area contributed by atoms with Crippen LogP contribution in [0.4, 0.5) is 0 Å². The Labute approximate surface area is 137 Å². The molecule has 22 heavy (non-hydrogen) atoms. The average molecular weight is 325 g/mol. The highest BCUT2D eigenvalue weighted by atomic mass is 32.1. The van der Waals surface area contributed by atoms with Crippen LogP contribution < -0.4 is 0 Å². The first-order valence-electron chi connectivity index (χ1n) is 8.32. The lowest BCUT2D eigenvalue weighted by atomic mass is 10.2. The molecule has 124 valence electrons. The monoisotopic (exact) mass is 325 g/mol. The molecule has 0 unspecified atom stereocenters. The van der Waals surface area contributed by atoms with Crippen molar-refractivity contribution in [2.24, 2.45) is 5.92 Å². The second-order valence-electron chi connectivity index (χ2n) is 6.91. The van der Waals surface area contributed by atoms with Gasteiger partial charge < -0.3 is 10.0 Å². The summed E-state index contributed by atoms with van der Waals surface area (Å²) in [7, 11) is 0. The molecule has 0 amide bonds. The standard InChI is InChI=1S/C15H27N5OS/c1-12(2)9-17-5-7-18(8-6-17)11-19-15(22)20(13-3-4-13)14(10-21)16-19/h12-13,21H,3-11H2,1-2H3. The minimum absolute atomic E-state index is 0.0324. The molecular weight excluding hydrogens is 298 g/mol. The molecule has 1 aliphatic carbocycles. The van der Waals surface area contributed by atoms with E-state index in [-0.39, 0.29) is 6.61 Å². The average Bonchev–Trinajstić information content (AvgIpc) is 3.26. The summed E-state index contributed by atoms with van der Waals surface area (Å²) in [6.45, 7) is 10.8. The first-order valence-corrected chi connectivity index (χ1v) is 8.73. The molecule has 1 saturated carbocycles. The van der Waals surface area contributed by atoms with Crippen molar-refractivity contribution in [3.63, 3.8) is 0 Å². The topological polar surface area (TPSA) is 49.5 Å². The van der Waals surface area contributed by atoms with Crippen LogP contribution in [0, 0.1) is 10.7 Å². The normalized spacial score (nSPS) is 20.9. The van der Waals surface area contributed by atoms with Crippen molar-refractivity contribution >= 4 is 12.2 Å². The van der Waals surface area contributed by atoms with Gasteiger partial charge >= 0.3 is 0 Å². The van der Waals surface area contributed by atoms with E-state index < -0.39 is 0 Å². The van der Waals surface area contributed by atoms with Gasteiger partial charge in [-0.1, -0.05) is 13.8 Å². The maximum atomic E-state index is 9.49. The third kappa shape index (κ3) is 3.59. The van der Waals surface area contributed by atoms with Gasteiger partial charge in [-0.25, -0.2) is 4.68 Å². The summed E-state index contributed by atoms with van der Waals surface area (Å²) in [6.07, 6.45) is 2.31. The number of rotatable bonds is 6. The van der Waals surface area contributed by atoms with Gasteiger partial charge in [0.2, 0.25) is 0 Å². The molecule has 1 aliphatic heterocycles. The molecule has 0 spiro atoms. The van der Waals surface area contributed by atoms with Crippen LogP contribution in [-0.4, -0.2) is 62.0 Å². The van der Waals surface area contributed by atoms with Crippen LogP contribution in [0.5, 0.6) is 0 Å². The SMILES string of the molecule is CC(C)CN1CCN(Cn2nc(CO)n(C3CC3)c2=S)CC1. The second-order valence-corrected chi connectivity index (χ2v) is 7.28. The lowest BCUT2D eigenvalue weighted by molar-refractivity contribution is 0.0947. The van der Waals surface area contributed by atoms with E-state index in [1.807, 2.05) is 9.25 Å². The van der Waals surface area contributed by atoms with Crippen LogP contribution in [0.25, 0.3) is 0 Å². The molecule has 0 aromatic carbocycles. The Morgan fingerprint density at radius 3 is 2.36 bits per heavy atom. The Hall–Kier alpha value is -0.760. The van der Waals surface area contributed by atoms with Gasteiger partial charge in [0.1, 0.15) is 6.61 Å². The predicted octanol–water partition coefficient (Wildman–Crippen LogP) is 1.47. The second kappa shape index (κ2) is 6.78. The van der Waals surface area contributed by atoms with Gasteiger partial charge in [-0.3, -0.25) is 9.47 Å². The molecule has 2 fully saturated rings. The molecule has 1 aromatic rings. The summed E-state index contributed by atoms with van der Waals surface area (Å²) in [5.74, 6) is 1.44. The van der Waals surface area contributed by atoms with Gasteiger partial charge in [0.15, 0.2) is 10.6 Å². The Bertz CT molecular complexity index is 555. The Kier molecular flexibility index (Phi) is 4.97. The highest BCUT2D eigenvalue weighted by Crippen LogP contribution is 2.36. The van der Waals surface area contributed by atoms with Gasteiger partial charge in [-0.2, -0.15) is 5.10 Å². The highest BCUT2D eigenvalue weighted by molar-refractivity contribution is 7.71. The predicted molar refractivity (Wildman–Crippen MR) is 88.1 cm³/mol. The zero-order valence-electron chi connectivity index (χ0n) is 13.6. The van der Waals surface area contributed by atoms with Crippen molar-refractivity contribution in [2.75, 3.05) is 32.7 Å². The van der Waals surface area contributed by atoms with Crippen molar-refractivity contribution in [2.45, 2.75) is 46.0 Å². The van der Waals surface area contributed by atoms with Crippen molar-refractivity contribution in [3.05, 3.63) is 10.6 Å². The highest BCUT2D eigenvalue weighted by Gasteiger charge is 2.28. The van der Waals surface area contributed by atoms with Crippen LogP contribution in [-0.2, 0) is 13.3 Å². The van der Waals surface area contributed by atoms with E-state index in [9.17, 15) is 5.11 Å². The van der Waals surface area contributed by atoms with Crippen molar-refractivity contribution in [3.8, 4) is 0 Å². The molecule has 0 atom stereocenters. The van der Waals surface area contributed by atoms with Crippen molar-refractivity contribution in [1.29, 1.82) is 0 Å². The van der Waals surface area contributed by atoms with Crippen molar-refractivity contribution < 1.29 is 5.11 Å². The molecule has 1 N–H and O–H groups in total. The Balaban J connectivity index is 1.61. The summed E-state index contributed by atoms with van der Waals surface area (Å²) >= 11 is 5.56. The maximum Gasteiger partial charge on any atom is 0.199 e. The number of aliphatic hydroxyl groups excluding tert-OH is 1. The molecule has 0 radical (unpaired) electrons. The van der Waals surface area contributed by atoms with Crippen LogP contribution in [0.1, 0.15) is 38.6 Å². The van der Waals surface area contributed by atoms with Gasteiger partial charge in [0.25, 0.3) is 0 Å². The molecule has 7 heteroatoms. The van der Waals surface area contributed by atoms with E-state index >= 15 is 0 Å². The molecule has 3 rings (SSSR count). The lowest BCUT2D eigenvalue weighted by Crippen LogP contribution is -2.47. The smallest absolute Gasteiger partial charge is 0.199 e. The fourth-order valence-corrected chi connectivity index (χ4v) is 3.54. The van der Waals surface area contributed by atoms with E-state index in [4.69, 9.17) is 12.2 Å². The van der Waals surface area contributed by atoms with Crippen molar-refractivity contribution in [1.82, 2.24) is 24.1 Å². The summed E-state index contributed by atoms with van der Waals surface area (Å²) < 4.78 is 4.69. The number of aliphatic hydroxyl groups is 1. The van der Waals surface area contributed by atoms with E-state index in [2.05, 4.69) is 28.7 Å². The first kappa shape index (κ1) is 16.1. The van der Waals surface area contributed by atoms with Gasteiger partial charge in [0, 0.05) is 38.8 Å². The molecule has 2 heterocycles. The van der Waals surface area contributed by atoms with Gasteiger partial charge in [-0.05, 0) is 31.0 Å². The molecule has 6 nitrogen and oxygen atoms in total. The summed E-state index contributed by atoms with van der Waals surface area (Å²) in [4.78, 5) is 4.93. The summed E-state index contributed by atoms with van der Waals surface area (Å²) in [5, 5.41) is 14.0. The minimum Gasteiger partial charge on any atom is -0.388 e. The third-order valence-electron chi connectivity index (χ3n) is 4.42. The molecule has 0 bridgehead atoms. The van der Waals surface area contributed by atoms with Crippen LogP contribution in [0.2, 0.25) is 0 Å². The zero-order valence-corrected chi connectivity index (χ0v) is 14.4. The molecule has 2 aliphatic rings. The Morgan fingerprint density at radius 2 is 1.82 bits per heavy atom. The Morgan fingerprint density at radius 1 is 1.18 bits per heavy atom. The van der Waals surface area contributed by atoms with Crippen LogP contribution in [0.3, 0.4) is 0 Å². The number of hydrogen-bond acceptors (Lipinski definition) is 5. The molecular formula is C15H27N5OS. The first-order chi connectivity index (χ1) is 10.6. The van der Waals surface area contributed by atoms with Crippen LogP contribution in [0.15, 0.2) is 0 Å². The molecule has 1 saturated heterocycles. The number of hydrogen-bond donors (Lipinski definition) is 1. The van der Waals surface area contributed by atoms with Gasteiger partial charge in [-0.15, -0.1) is 0 Å². The largest absolute Gasteiger partial charge is 0.388 e. The van der Waals surface area contributed by atoms with E-state index in [1.165, 1.54) is 6.54 Å². The van der Waals surface area contributed by atoms with E-state index in [1.54, 1.807) is 0 Å². The maximum absolute atomic E-state index is 9.49. The fourth-order valence-electron chi connectivity index (χ4n) is 3.18. The summed E-state index contributed by atoms with van der Waals surface area (Å²) in [6, 6.07) is 0.464. The number of nitrogens with zero attached hydrogens (tertiary/aromatic N) is 5.